The predicted octanol–water partition coefficient (Wildman–Crippen LogP) is 4.50. The fourth-order valence-electron chi connectivity index (χ4n) is 3.85. The molecule has 2 N–H and O–H groups in total. The zero-order valence-electron chi connectivity index (χ0n) is 21.9. The van der Waals surface area contributed by atoms with Crippen molar-refractivity contribution >= 4 is 92.5 Å². The van der Waals surface area contributed by atoms with E-state index < -0.39 is 11.9 Å². The van der Waals surface area contributed by atoms with E-state index in [1.54, 1.807) is 60.7 Å². The molecule has 0 saturated carbocycles. The van der Waals surface area contributed by atoms with E-state index in [9.17, 15) is 19.2 Å². The van der Waals surface area contributed by atoms with E-state index in [2.05, 4.69) is 0 Å². The van der Waals surface area contributed by atoms with Crippen LogP contribution >= 0.6 is 48.0 Å². The van der Waals surface area contributed by atoms with Crippen molar-refractivity contribution in [3.05, 3.63) is 69.5 Å². The van der Waals surface area contributed by atoms with Crippen LogP contribution in [0.15, 0.2) is 58.3 Å². The lowest BCUT2D eigenvalue weighted by atomic mass is 10.2. The summed E-state index contributed by atoms with van der Waals surface area (Å²) in [6.45, 7) is 0.368. The van der Waals surface area contributed by atoms with Gasteiger partial charge in [-0.2, -0.15) is 0 Å². The van der Waals surface area contributed by atoms with Gasteiger partial charge in [-0.1, -0.05) is 84.4 Å². The van der Waals surface area contributed by atoms with Crippen LogP contribution in [0.25, 0.3) is 12.2 Å². The van der Waals surface area contributed by atoms with E-state index >= 15 is 0 Å². The van der Waals surface area contributed by atoms with Crippen LogP contribution in [0.1, 0.15) is 24.0 Å². The number of thioether (sulfide) groups is 2. The molecule has 2 amide bonds. The Bertz CT molecular complexity index is 1390. The van der Waals surface area contributed by atoms with Crippen LogP contribution in [0, 0.1) is 0 Å². The Morgan fingerprint density at radius 1 is 0.714 bits per heavy atom. The van der Waals surface area contributed by atoms with Gasteiger partial charge in [-0.25, -0.2) is 0 Å². The molecule has 0 aliphatic carbocycles. The number of carbonyl (C=O) groups excluding carboxylic acids is 2. The van der Waals surface area contributed by atoms with Crippen molar-refractivity contribution in [2.45, 2.75) is 12.8 Å². The lowest BCUT2D eigenvalue weighted by Gasteiger charge is -2.13. The maximum Gasteiger partial charge on any atom is 0.305 e. The van der Waals surface area contributed by atoms with E-state index in [0.717, 1.165) is 23.5 Å². The van der Waals surface area contributed by atoms with Crippen molar-refractivity contribution < 1.29 is 38.9 Å². The fourth-order valence-corrected chi connectivity index (χ4v) is 6.45. The van der Waals surface area contributed by atoms with Gasteiger partial charge < -0.3 is 19.7 Å². The summed E-state index contributed by atoms with van der Waals surface area (Å²) < 4.78 is 12.5. The quantitative estimate of drug-likeness (QED) is 0.181. The molecule has 42 heavy (non-hydrogen) atoms. The number of para-hydroxylation sites is 2. The molecular weight excluding hydrogens is 621 g/mol. The summed E-state index contributed by atoms with van der Waals surface area (Å²) >= 11 is 12.7. The second-order valence-electron chi connectivity index (χ2n) is 8.73. The number of benzene rings is 2. The van der Waals surface area contributed by atoms with Gasteiger partial charge >= 0.3 is 11.9 Å². The lowest BCUT2D eigenvalue weighted by molar-refractivity contribution is -0.138. The second kappa shape index (κ2) is 14.4. The van der Waals surface area contributed by atoms with Crippen molar-refractivity contribution in [3.8, 4) is 11.5 Å². The molecule has 10 nitrogen and oxygen atoms in total. The molecule has 0 radical (unpaired) electrons. The first-order valence-electron chi connectivity index (χ1n) is 12.5. The number of carbonyl (C=O) groups is 4. The number of thiocarbonyl (C=S) groups is 2. The van der Waals surface area contributed by atoms with Crippen LogP contribution in [-0.4, -0.2) is 78.7 Å². The molecule has 0 bridgehead atoms. The molecule has 2 fully saturated rings. The number of carboxylic acids is 2. The number of hydrogen-bond donors (Lipinski definition) is 2. The highest BCUT2D eigenvalue weighted by atomic mass is 32.2. The highest BCUT2D eigenvalue weighted by Gasteiger charge is 2.33. The predicted molar refractivity (Wildman–Crippen MR) is 168 cm³/mol. The molecule has 218 valence electrons. The molecule has 2 aliphatic rings. The minimum Gasteiger partial charge on any atom is -0.489 e. The monoisotopic (exact) mass is 644 g/mol. The third-order valence-corrected chi connectivity index (χ3v) is 8.61. The minimum atomic E-state index is -1.01. The van der Waals surface area contributed by atoms with Gasteiger partial charge in [0.25, 0.3) is 11.8 Å². The SMILES string of the molecule is O=C(O)CCN1C(=O)/C(=C/c2ccccc2OCCOc2ccccc2/C=C2\SC(=S)N(CCC(=O)O)C2=O)SC1=S. The Hall–Kier alpha value is -3.72. The maximum atomic E-state index is 12.8. The first-order valence-corrected chi connectivity index (χ1v) is 15.0. The van der Waals surface area contributed by atoms with Crippen molar-refractivity contribution in [3.63, 3.8) is 0 Å². The molecular formula is C28H24N2O8S4. The van der Waals surface area contributed by atoms with Crippen molar-refractivity contribution in [2.24, 2.45) is 0 Å². The summed E-state index contributed by atoms with van der Waals surface area (Å²) in [7, 11) is 0. The van der Waals surface area contributed by atoms with Gasteiger partial charge in [-0.3, -0.25) is 29.0 Å². The van der Waals surface area contributed by atoms with Gasteiger partial charge in [0, 0.05) is 24.2 Å². The largest absolute Gasteiger partial charge is 0.489 e. The normalized spacial score (nSPS) is 17.0. The zero-order chi connectivity index (χ0) is 30.2. The minimum absolute atomic E-state index is 0.00743. The summed E-state index contributed by atoms with van der Waals surface area (Å²) in [6, 6.07) is 14.3. The van der Waals surface area contributed by atoms with Gasteiger partial charge in [0.1, 0.15) is 33.4 Å². The molecule has 0 unspecified atom stereocenters. The van der Waals surface area contributed by atoms with Gasteiger partial charge in [0.15, 0.2) is 0 Å². The van der Waals surface area contributed by atoms with Gasteiger partial charge in [-0.05, 0) is 24.3 Å². The number of hydrogen-bond acceptors (Lipinski definition) is 10. The molecule has 14 heteroatoms. The second-order valence-corrected chi connectivity index (χ2v) is 12.1. The van der Waals surface area contributed by atoms with Crippen molar-refractivity contribution in [1.82, 2.24) is 9.80 Å². The van der Waals surface area contributed by atoms with Crippen LogP contribution in [-0.2, 0) is 19.2 Å². The Morgan fingerprint density at radius 3 is 1.48 bits per heavy atom. The molecule has 2 aromatic carbocycles. The average molecular weight is 645 g/mol. The summed E-state index contributed by atoms with van der Waals surface area (Å²) in [6.07, 6.45) is 2.93. The number of ether oxygens (including phenoxy) is 2. The highest BCUT2D eigenvalue weighted by molar-refractivity contribution is 8.27. The van der Waals surface area contributed by atoms with E-state index in [1.807, 2.05) is 0 Å². The van der Waals surface area contributed by atoms with Gasteiger partial charge in [0.05, 0.1) is 22.7 Å². The van der Waals surface area contributed by atoms with E-state index in [1.165, 1.54) is 9.80 Å². The van der Waals surface area contributed by atoms with E-state index in [0.29, 0.717) is 41.1 Å². The molecule has 2 aliphatic heterocycles. The van der Waals surface area contributed by atoms with Gasteiger partial charge in [0.2, 0.25) is 0 Å². The Kier molecular flexibility index (Phi) is 10.7. The van der Waals surface area contributed by atoms with Crippen molar-refractivity contribution in [1.29, 1.82) is 0 Å². The first-order chi connectivity index (χ1) is 20.1. The molecule has 0 aromatic heterocycles. The van der Waals surface area contributed by atoms with Crippen LogP contribution in [0.3, 0.4) is 0 Å². The van der Waals surface area contributed by atoms with Crippen LogP contribution in [0.4, 0.5) is 0 Å². The van der Waals surface area contributed by atoms with Crippen LogP contribution in [0.2, 0.25) is 0 Å². The molecule has 0 spiro atoms. The fraction of sp³-hybridized carbons (Fsp3) is 0.214. The first kappa shape index (κ1) is 31.2. The topological polar surface area (TPSA) is 134 Å². The zero-order valence-corrected chi connectivity index (χ0v) is 25.2. The number of amides is 2. The van der Waals surface area contributed by atoms with E-state index in [4.69, 9.17) is 44.1 Å². The number of rotatable bonds is 13. The number of carboxylic acid groups (broad SMARTS) is 2. The third kappa shape index (κ3) is 7.97. The third-order valence-electron chi connectivity index (χ3n) is 5.86. The smallest absolute Gasteiger partial charge is 0.305 e. The molecule has 2 heterocycles. The van der Waals surface area contributed by atoms with Crippen LogP contribution < -0.4 is 9.47 Å². The van der Waals surface area contributed by atoms with Crippen molar-refractivity contribution in [2.75, 3.05) is 26.3 Å². The molecule has 2 aromatic rings. The van der Waals surface area contributed by atoms with Crippen LogP contribution in [0.5, 0.6) is 11.5 Å². The number of aliphatic carboxylic acids is 2. The maximum absolute atomic E-state index is 12.8. The standard InChI is InChI=1S/C28H24N2O8S4/c31-23(32)9-11-29-25(35)21(41-27(29)39)15-17-5-1-3-7-19(17)37-13-14-38-20-8-4-2-6-18(20)16-22-26(36)30(28(40)42-22)12-10-24(33)34/h1-8,15-16H,9-14H2,(H,31,32)(H,33,34)/b21-15-,22-16-. The summed E-state index contributed by atoms with van der Waals surface area (Å²) in [5.74, 6) is -1.67. The average Bonchev–Trinajstić information content (AvgIpc) is 3.37. The molecule has 2 saturated heterocycles. The Morgan fingerprint density at radius 2 is 1.10 bits per heavy atom. The molecule has 0 atom stereocenters. The highest BCUT2D eigenvalue weighted by Crippen LogP contribution is 2.35. The lowest BCUT2D eigenvalue weighted by Crippen LogP contribution is -2.30. The summed E-state index contributed by atoms with van der Waals surface area (Å²) in [5.41, 5.74) is 1.31. The Labute approximate surface area is 260 Å². The van der Waals surface area contributed by atoms with E-state index in [-0.39, 0.29) is 51.0 Å². The molecule has 4 rings (SSSR count). The number of nitrogens with zero attached hydrogens (tertiary/aromatic N) is 2. The summed E-state index contributed by atoms with van der Waals surface area (Å²) in [4.78, 5) is 50.7. The Balaban J connectivity index is 1.38. The van der Waals surface area contributed by atoms with Gasteiger partial charge in [-0.15, -0.1) is 0 Å². The summed E-state index contributed by atoms with van der Waals surface area (Å²) in [5, 5.41) is 17.9.